The van der Waals surface area contributed by atoms with Crippen LogP contribution in [0.2, 0.25) is 0 Å². The summed E-state index contributed by atoms with van der Waals surface area (Å²) in [5.74, 6) is -0.0844. The third-order valence-electron chi connectivity index (χ3n) is 3.85. The van der Waals surface area contributed by atoms with Crippen LogP contribution in [0.3, 0.4) is 0 Å². The first kappa shape index (κ1) is 19.8. The number of halogens is 2. The van der Waals surface area contributed by atoms with Crippen molar-refractivity contribution in [2.24, 2.45) is 0 Å². The summed E-state index contributed by atoms with van der Waals surface area (Å²) in [6.07, 6.45) is 1.73. The van der Waals surface area contributed by atoms with E-state index in [9.17, 15) is 13.6 Å². The minimum atomic E-state index is -2.88. The number of hydrogen-bond acceptors (Lipinski definition) is 4. The van der Waals surface area contributed by atoms with Crippen molar-refractivity contribution in [3.8, 4) is 5.75 Å². The average molecular weight is 400 g/mol. The van der Waals surface area contributed by atoms with Crippen LogP contribution in [0.1, 0.15) is 15.9 Å². The largest absolute Gasteiger partial charge is 0.435 e. The summed E-state index contributed by atoms with van der Waals surface area (Å²) in [6, 6.07) is 19.3. The molecule has 3 aromatic rings. The highest BCUT2D eigenvalue weighted by Gasteiger charge is 2.13. The fraction of sp³-hybridized carbons (Fsp3) is 0.143. The second-order valence-electron chi connectivity index (χ2n) is 5.98. The number of nitrogens with zero attached hydrogens (tertiary/aromatic N) is 2. The predicted octanol–water partition coefficient (Wildman–Crippen LogP) is 5.11. The van der Waals surface area contributed by atoms with Gasteiger partial charge in [-0.25, -0.2) is 4.98 Å². The molecule has 0 saturated heterocycles. The molecule has 28 heavy (non-hydrogen) atoms. The molecule has 0 aliphatic carbocycles. The normalized spacial score (nSPS) is 10.7. The second-order valence-corrected chi connectivity index (χ2v) is 7.08. The number of aromatic nitrogens is 1. The number of hydrogen-bond donors (Lipinski definition) is 0. The van der Waals surface area contributed by atoms with Crippen LogP contribution < -0.4 is 4.74 Å². The lowest BCUT2D eigenvalue weighted by atomic mass is 10.1. The van der Waals surface area contributed by atoms with E-state index in [1.807, 2.05) is 30.3 Å². The molecule has 3 rings (SSSR count). The number of ether oxygens (including phenoxy) is 1. The summed E-state index contributed by atoms with van der Waals surface area (Å²) in [4.78, 5) is 19.4. The molecule has 0 radical (unpaired) electrons. The van der Waals surface area contributed by atoms with Crippen molar-refractivity contribution >= 4 is 17.7 Å². The van der Waals surface area contributed by atoms with Crippen molar-refractivity contribution in [2.45, 2.75) is 23.1 Å². The van der Waals surface area contributed by atoms with Crippen LogP contribution in [0, 0.1) is 0 Å². The molecule has 2 aromatic carbocycles. The average Bonchev–Trinajstić information content (AvgIpc) is 2.68. The van der Waals surface area contributed by atoms with Gasteiger partial charge in [-0.1, -0.05) is 30.0 Å². The molecule has 0 atom stereocenters. The van der Waals surface area contributed by atoms with Gasteiger partial charge in [-0.05, 0) is 54.1 Å². The highest BCUT2D eigenvalue weighted by Crippen LogP contribution is 2.26. The number of rotatable bonds is 7. The molecular weight excluding hydrogens is 382 g/mol. The van der Waals surface area contributed by atoms with Crippen molar-refractivity contribution in [1.82, 2.24) is 9.88 Å². The van der Waals surface area contributed by atoms with Crippen molar-refractivity contribution in [2.75, 3.05) is 7.05 Å². The van der Waals surface area contributed by atoms with Crippen LogP contribution in [-0.4, -0.2) is 29.5 Å². The summed E-state index contributed by atoms with van der Waals surface area (Å²) in [5, 5.41) is 0.879. The Morgan fingerprint density at radius 2 is 1.89 bits per heavy atom. The van der Waals surface area contributed by atoms with E-state index < -0.39 is 6.61 Å². The van der Waals surface area contributed by atoms with Crippen LogP contribution in [0.4, 0.5) is 8.78 Å². The lowest BCUT2D eigenvalue weighted by molar-refractivity contribution is -0.0499. The zero-order valence-corrected chi connectivity index (χ0v) is 15.9. The molecular formula is C21H18F2N2O2S. The Morgan fingerprint density at radius 1 is 1.11 bits per heavy atom. The van der Waals surface area contributed by atoms with Crippen molar-refractivity contribution in [3.63, 3.8) is 0 Å². The van der Waals surface area contributed by atoms with Crippen LogP contribution in [0.5, 0.6) is 5.75 Å². The van der Waals surface area contributed by atoms with Gasteiger partial charge < -0.3 is 9.64 Å². The Hall–Kier alpha value is -2.93. The third kappa shape index (κ3) is 5.53. The van der Waals surface area contributed by atoms with Gasteiger partial charge in [0.2, 0.25) is 0 Å². The maximum absolute atomic E-state index is 12.6. The topological polar surface area (TPSA) is 42.4 Å². The quantitative estimate of drug-likeness (QED) is 0.553. The number of alkyl halides is 2. The molecule has 0 spiro atoms. The van der Waals surface area contributed by atoms with Crippen LogP contribution >= 0.6 is 11.8 Å². The van der Waals surface area contributed by atoms with E-state index in [0.29, 0.717) is 11.1 Å². The molecule has 1 aromatic heterocycles. The first-order valence-electron chi connectivity index (χ1n) is 8.49. The molecule has 0 fully saturated rings. The number of amides is 1. The van der Waals surface area contributed by atoms with Crippen LogP contribution in [0.15, 0.2) is 82.8 Å². The van der Waals surface area contributed by atoms with E-state index >= 15 is 0 Å². The fourth-order valence-electron chi connectivity index (χ4n) is 2.58. The zero-order chi connectivity index (χ0) is 19.9. The van der Waals surface area contributed by atoms with E-state index in [2.05, 4.69) is 9.72 Å². The zero-order valence-electron chi connectivity index (χ0n) is 15.1. The van der Waals surface area contributed by atoms with E-state index in [1.165, 1.54) is 28.8 Å². The molecule has 4 nitrogen and oxygen atoms in total. The maximum Gasteiger partial charge on any atom is 0.387 e. The number of pyridine rings is 1. The summed E-state index contributed by atoms with van der Waals surface area (Å²) in [7, 11) is 1.67. The van der Waals surface area contributed by atoms with Crippen LogP contribution in [-0.2, 0) is 6.54 Å². The Kier molecular flexibility index (Phi) is 6.60. The lowest BCUT2D eigenvalue weighted by Crippen LogP contribution is -2.26. The summed E-state index contributed by atoms with van der Waals surface area (Å²) in [6.45, 7) is -2.60. The molecule has 0 unspecified atom stereocenters. The van der Waals surface area contributed by atoms with Gasteiger partial charge in [0, 0.05) is 30.2 Å². The van der Waals surface area contributed by atoms with Crippen LogP contribution in [0.25, 0.3) is 0 Å². The fourth-order valence-corrected chi connectivity index (χ4v) is 3.35. The molecule has 0 N–H and O–H groups in total. The van der Waals surface area contributed by atoms with Gasteiger partial charge in [-0.2, -0.15) is 8.78 Å². The maximum atomic E-state index is 12.6. The van der Waals surface area contributed by atoms with Gasteiger partial charge in [0.15, 0.2) is 0 Å². The van der Waals surface area contributed by atoms with Gasteiger partial charge in [0.05, 0.1) is 0 Å². The molecule has 1 heterocycles. The lowest BCUT2D eigenvalue weighted by Gasteiger charge is -2.18. The highest BCUT2D eigenvalue weighted by atomic mass is 32.2. The van der Waals surface area contributed by atoms with Gasteiger partial charge in [0.25, 0.3) is 5.91 Å². The Morgan fingerprint density at radius 3 is 2.57 bits per heavy atom. The van der Waals surface area contributed by atoms with E-state index in [4.69, 9.17) is 0 Å². The Bertz CT molecular complexity index is 921. The van der Waals surface area contributed by atoms with E-state index in [1.54, 1.807) is 37.5 Å². The molecule has 7 heteroatoms. The molecule has 0 aliphatic heterocycles. The number of carbonyl (C=O) groups excluding carboxylic acids is 1. The molecule has 0 aliphatic rings. The van der Waals surface area contributed by atoms with Gasteiger partial charge in [-0.3, -0.25) is 4.79 Å². The smallest absolute Gasteiger partial charge is 0.387 e. The van der Waals surface area contributed by atoms with Gasteiger partial charge in [0.1, 0.15) is 10.8 Å². The third-order valence-corrected chi connectivity index (χ3v) is 4.81. The SMILES string of the molecule is CN(Cc1cccc(OC(F)F)c1)C(=O)c1ccc(Sc2ccccn2)cc1. The Balaban J connectivity index is 1.63. The van der Waals surface area contributed by atoms with Crippen molar-refractivity contribution < 1.29 is 18.3 Å². The first-order valence-corrected chi connectivity index (χ1v) is 9.31. The minimum absolute atomic E-state index is 0.0734. The summed E-state index contributed by atoms with van der Waals surface area (Å²) < 4.78 is 29.1. The highest BCUT2D eigenvalue weighted by molar-refractivity contribution is 7.99. The molecule has 144 valence electrons. The summed E-state index contributed by atoms with van der Waals surface area (Å²) in [5.41, 5.74) is 1.25. The minimum Gasteiger partial charge on any atom is -0.435 e. The molecule has 1 amide bonds. The monoisotopic (exact) mass is 400 g/mol. The molecule has 0 bridgehead atoms. The Labute approximate surface area is 166 Å². The van der Waals surface area contributed by atoms with Crippen molar-refractivity contribution in [3.05, 3.63) is 84.1 Å². The second kappa shape index (κ2) is 9.32. The van der Waals surface area contributed by atoms with Gasteiger partial charge >= 0.3 is 6.61 Å². The summed E-state index contributed by atoms with van der Waals surface area (Å²) >= 11 is 1.51. The van der Waals surface area contributed by atoms with E-state index in [0.717, 1.165) is 9.92 Å². The van der Waals surface area contributed by atoms with Crippen molar-refractivity contribution in [1.29, 1.82) is 0 Å². The predicted molar refractivity (Wildman–Crippen MR) is 104 cm³/mol. The number of benzene rings is 2. The van der Waals surface area contributed by atoms with Gasteiger partial charge in [-0.15, -0.1) is 0 Å². The first-order chi connectivity index (χ1) is 13.5. The van der Waals surface area contributed by atoms with E-state index in [-0.39, 0.29) is 18.2 Å². The molecule has 0 saturated carbocycles. The number of carbonyl (C=O) groups is 1. The standard InChI is InChI=1S/C21H18F2N2O2S/c1-25(14-15-5-4-6-17(13-15)27-21(22)23)20(26)16-8-10-18(11-9-16)28-19-7-2-3-12-24-19/h2-13,21H,14H2,1H3.